The van der Waals surface area contributed by atoms with Crippen LogP contribution in [0.4, 0.5) is 0 Å². The number of allylic oxidation sites excluding steroid dienone is 1. The van der Waals surface area contributed by atoms with Gasteiger partial charge in [-0.1, -0.05) is 49.6 Å². The molecule has 1 unspecified atom stereocenters. The predicted molar refractivity (Wildman–Crippen MR) is 131 cm³/mol. The lowest BCUT2D eigenvalue weighted by atomic mass is 9.71. The summed E-state index contributed by atoms with van der Waals surface area (Å²) in [6, 6.07) is 10.3. The second-order valence-corrected chi connectivity index (χ2v) is 9.19. The highest BCUT2D eigenvalue weighted by Gasteiger charge is 2.42. The molecule has 1 atom stereocenters. The maximum absolute atomic E-state index is 13.0. The minimum absolute atomic E-state index is 0.195. The van der Waals surface area contributed by atoms with E-state index in [0.717, 1.165) is 44.5 Å². The fourth-order valence-electron chi connectivity index (χ4n) is 5.10. The third-order valence-corrected chi connectivity index (χ3v) is 6.78. The molecule has 0 spiro atoms. The summed E-state index contributed by atoms with van der Waals surface area (Å²) < 4.78 is 16.3. The fourth-order valence-corrected chi connectivity index (χ4v) is 5.10. The van der Waals surface area contributed by atoms with Gasteiger partial charge in [0, 0.05) is 24.7 Å². The first-order chi connectivity index (χ1) is 16.5. The summed E-state index contributed by atoms with van der Waals surface area (Å²) in [6.45, 7) is 4.22. The number of carbonyl (C=O) groups excluding carboxylic acids is 2. The third kappa shape index (κ3) is 6.48. The standard InChI is InChI=1S/C27H38N2O5/c1-19-23(26(30)32-3)24(21-13-9-6-10-14-21)25(27(31)33-4)22(28-19)18-34-16-15-29(2)17-20-11-7-5-8-12-20/h5,7-8,11-12,21,24,28H,6,9-10,13-18H2,1-4H3. The molecule has 1 fully saturated rings. The maximum atomic E-state index is 13.0. The number of hydrogen-bond donors (Lipinski definition) is 1. The van der Waals surface area contributed by atoms with Crippen LogP contribution in [-0.2, 0) is 30.3 Å². The molecular formula is C27H38N2O5. The lowest BCUT2D eigenvalue weighted by Crippen LogP contribution is -2.39. The van der Waals surface area contributed by atoms with Gasteiger partial charge in [0.1, 0.15) is 0 Å². The van der Waals surface area contributed by atoms with Gasteiger partial charge in [0.25, 0.3) is 0 Å². The number of methoxy groups -OCH3 is 2. The molecule has 34 heavy (non-hydrogen) atoms. The first-order valence-corrected chi connectivity index (χ1v) is 12.1. The van der Waals surface area contributed by atoms with E-state index in [9.17, 15) is 9.59 Å². The van der Waals surface area contributed by atoms with E-state index in [0.29, 0.717) is 23.5 Å². The monoisotopic (exact) mass is 470 g/mol. The molecule has 0 bridgehead atoms. The zero-order valence-electron chi connectivity index (χ0n) is 20.9. The molecule has 186 valence electrons. The molecule has 0 amide bonds. The lowest BCUT2D eigenvalue weighted by Gasteiger charge is -2.37. The largest absolute Gasteiger partial charge is 0.466 e. The van der Waals surface area contributed by atoms with Crippen molar-refractivity contribution in [3.63, 3.8) is 0 Å². The van der Waals surface area contributed by atoms with E-state index >= 15 is 0 Å². The summed E-state index contributed by atoms with van der Waals surface area (Å²) in [5.74, 6) is -0.969. The summed E-state index contributed by atoms with van der Waals surface area (Å²) in [6.07, 6.45) is 5.31. The van der Waals surface area contributed by atoms with Crippen LogP contribution in [0.15, 0.2) is 52.9 Å². The third-order valence-electron chi connectivity index (χ3n) is 6.78. The highest BCUT2D eigenvalue weighted by Crippen LogP contribution is 2.42. The van der Waals surface area contributed by atoms with Crippen molar-refractivity contribution in [3.8, 4) is 0 Å². The van der Waals surface area contributed by atoms with Crippen molar-refractivity contribution in [2.75, 3.05) is 41.0 Å². The Morgan fingerprint density at radius 1 is 1.00 bits per heavy atom. The van der Waals surface area contributed by atoms with Gasteiger partial charge < -0.3 is 19.5 Å². The Morgan fingerprint density at radius 2 is 1.65 bits per heavy atom. The number of rotatable bonds is 10. The zero-order valence-corrected chi connectivity index (χ0v) is 20.9. The van der Waals surface area contributed by atoms with Gasteiger partial charge >= 0.3 is 11.9 Å². The van der Waals surface area contributed by atoms with Gasteiger partial charge in [0.15, 0.2) is 0 Å². The second kappa shape index (κ2) is 12.7. The molecule has 3 rings (SSSR count). The van der Waals surface area contributed by atoms with Crippen molar-refractivity contribution < 1.29 is 23.8 Å². The Hall–Kier alpha value is -2.64. The highest BCUT2D eigenvalue weighted by atomic mass is 16.5. The van der Waals surface area contributed by atoms with E-state index in [-0.39, 0.29) is 18.4 Å². The quantitative estimate of drug-likeness (QED) is 0.412. The number of nitrogens with zero attached hydrogens (tertiary/aromatic N) is 1. The van der Waals surface area contributed by atoms with E-state index in [4.69, 9.17) is 14.2 Å². The Balaban J connectivity index is 1.74. The zero-order chi connectivity index (χ0) is 24.5. The Morgan fingerprint density at radius 3 is 2.29 bits per heavy atom. The van der Waals surface area contributed by atoms with Crippen molar-refractivity contribution >= 4 is 11.9 Å². The Kier molecular flexibility index (Phi) is 9.72. The average molecular weight is 471 g/mol. The smallest absolute Gasteiger partial charge is 0.336 e. The first kappa shape index (κ1) is 26.0. The molecule has 0 saturated heterocycles. The molecule has 1 aromatic rings. The van der Waals surface area contributed by atoms with Gasteiger partial charge in [0.05, 0.1) is 44.3 Å². The minimum Gasteiger partial charge on any atom is -0.466 e. The van der Waals surface area contributed by atoms with Crippen LogP contribution in [0.25, 0.3) is 0 Å². The molecule has 1 aliphatic carbocycles. The van der Waals surface area contributed by atoms with Gasteiger partial charge in [-0.15, -0.1) is 0 Å². The molecule has 0 aromatic heterocycles. The van der Waals surface area contributed by atoms with Crippen LogP contribution in [0.3, 0.4) is 0 Å². The molecular weight excluding hydrogens is 432 g/mol. The van der Waals surface area contributed by atoms with Gasteiger partial charge in [0.2, 0.25) is 0 Å². The van der Waals surface area contributed by atoms with Crippen molar-refractivity contribution in [2.24, 2.45) is 11.8 Å². The SMILES string of the molecule is COC(=O)C1=C(C)NC(COCCN(C)Cc2ccccc2)=C(C(=O)OC)C1C1CCCCC1. The maximum Gasteiger partial charge on any atom is 0.336 e. The molecule has 2 aliphatic rings. The van der Waals surface area contributed by atoms with Crippen LogP contribution < -0.4 is 5.32 Å². The Labute approximate surface area is 203 Å². The van der Waals surface area contributed by atoms with Crippen LogP contribution in [0, 0.1) is 11.8 Å². The molecule has 1 aliphatic heterocycles. The molecule has 1 heterocycles. The number of esters is 2. The summed E-state index contributed by atoms with van der Waals surface area (Å²) in [7, 11) is 4.82. The number of likely N-dealkylation sites (N-methyl/N-ethyl adjacent to an activating group) is 1. The average Bonchev–Trinajstić information content (AvgIpc) is 2.86. The summed E-state index contributed by atoms with van der Waals surface area (Å²) in [5, 5.41) is 3.26. The fraction of sp³-hybridized carbons (Fsp3) is 0.556. The van der Waals surface area contributed by atoms with Crippen molar-refractivity contribution in [2.45, 2.75) is 45.6 Å². The molecule has 1 N–H and O–H groups in total. The number of carbonyl (C=O) groups is 2. The molecule has 1 aromatic carbocycles. The van der Waals surface area contributed by atoms with Crippen LogP contribution in [0.1, 0.15) is 44.6 Å². The van der Waals surface area contributed by atoms with E-state index in [1.807, 2.05) is 25.1 Å². The first-order valence-electron chi connectivity index (χ1n) is 12.1. The number of ether oxygens (including phenoxy) is 3. The van der Waals surface area contributed by atoms with Crippen LogP contribution in [-0.4, -0.2) is 57.9 Å². The van der Waals surface area contributed by atoms with Crippen molar-refractivity contribution in [1.29, 1.82) is 0 Å². The second-order valence-electron chi connectivity index (χ2n) is 9.19. The lowest BCUT2D eigenvalue weighted by molar-refractivity contribution is -0.138. The van der Waals surface area contributed by atoms with E-state index in [1.165, 1.54) is 26.2 Å². The van der Waals surface area contributed by atoms with Crippen LogP contribution in [0.5, 0.6) is 0 Å². The number of benzene rings is 1. The van der Waals surface area contributed by atoms with Gasteiger partial charge in [-0.3, -0.25) is 4.90 Å². The summed E-state index contributed by atoms with van der Waals surface area (Å²) in [4.78, 5) is 27.9. The number of dihydropyridines is 1. The summed E-state index contributed by atoms with van der Waals surface area (Å²) >= 11 is 0. The number of hydrogen-bond acceptors (Lipinski definition) is 7. The number of nitrogens with one attached hydrogen (secondary N) is 1. The van der Waals surface area contributed by atoms with E-state index < -0.39 is 11.9 Å². The summed E-state index contributed by atoms with van der Waals surface area (Å²) in [5.41, 5.74) is 3.67. The topological polar surface area (TPSA) is 77.1 Å². The van der Waals surface area contributed by atoms with Crippen molar-refractivity contribution in [3.05, 3.63) is 58.4 Å². The normalized spacial score (nSPS) is 19.3. The predicted octanol–water partition coefficient (Wildman–Crippen LogP) is 3.81. The molecule has 7 nitrogen and oxygen atoms in total. The molecule has 7 heteroatoms. The highest BCUT2D eigenvalue weighted by molar-refractivity contribution is 5.98. The van der Waals surface area contributed by atoms with Crippen LogP contribution >= 0.6 is 0 Å². The molecule has 0 radical (unpaired) electrons. The minimum atomic E-state index is -0.420. The molecule has 1 saturated carbocycles. The van der Waals surface area contributed by atoms with Gasteiger partial charge in [-0.2, -0.15) is 0 Å². The van der Waals surface area contributed by atoms with E-state index in [2.05, 4.69) is 29.4 Å². The van der Waals surface area contributed by atoms with E-state index in [1.54, 1.807) is 0 Å². The Bertz CT molecular complexity index is 903. The van der Waals surface area contributed by atoms with Gasteiger partial charge in [-0.05, 0) is 38.3 Å². The van der Waals surface area contributed by atoms with Crippen molar-refractivity contribution in [1.82, 2.24) is 10.2 Å². The van der Waals surface area contributed by atoms with Crippen LogP contribution in [0.2, 0.25) is 0 Å². The van der Waals surface area contributed by atoms with Gasteiger partial charge in [-0.25, -0.2) is 9.59 Å².